The molecule has 276 valence electrons. The zero-order valence-electron chi connectivity index (χ0n) is 32.7. The van der Waals surface area contributed by atoms with Crippen LogP contribution in [0.4, 0.5) is 34.1 Å². The first kappa shape index (κ1) is 34.1. The fraction of sp³-hybridized carbons (Fsp3) is 0.0714. The Labute approximate surface area is 340 Å². The van der Waals surface area contributed by atoms with E-state index in [0.29, 0.717) is 0 Å². The summed E-state index contributed by atoms with van der Waals surface area (Å²) in [5.41, 5.74) is 16.8. The van der Waals surface area contributed by atoms with Crippen molar-refractivity contribution in [1.82, 2.24) is 0 Å². The second-order valence-electron chi connectivity index (χ2n) is 16.1. The molecule has 0 saturated heterocycles. The Kier molecular flexibility index (Phi) is 7.78. The molecule has 58 heavy (non-hydrogen) atoms. The van der Waals surface area contributed by atoms with E-state index < -0.39 is 5.41 Å². The Balaban J connectivity index is 1.10. The van der Waals surface area contributed by atoms with Crippen molar-refractivity contribution in [2.75, 3.05) is 9.80 Å². The molecule has 2 heteroatoms. The summed E-state index contributed by atoms with van der Waals surface area (Å²) in [6, 6.07) is 80.4. The van der Waals surface area contributed by atoms with Gasteiger partial charge in [0.05, 0.1) is 5.41 Å². The van der Waals surface area contributed by atoms with Crippen molar-refractivity contribution in [1.29, 1.82) is 0 Å². The van der Waals surface area contributed by atoms with Crippen molar-refractivity contribution in [3.8, 4) is 11.1 Å². The highest BCUT2D eigenvalue weighted by atomic mass is 15.2. The minimum Gasteiger partial charge on any atom is -0.310 e. The van der Waals surface area contributed by atoms with Crippen LogP contribution < -0.4 is 9.80 Å². The lowest BCUT2D eigenvalue weighted by atomic mass is 9.55. The first-order chi connectivity index (χ1) is 28.5. The molecule has 0 aliphatic heterocycles. The van der Waals surface area contributed by atoms with Gasteiger partial charge in [-0.15, -0.1) is 0 Å². The van der Waals surface area contributed by atoms with Crippen molar-refractivity contribution >= 4 is 44.9 Å². The predicted molar refractivity (Wildman–Crippen MR) is 243 cm³/mol. The Morgan fingerprint density at radius 1 is 0.276 bits per heavy atom. The molecule has 0 saturated carbocycles. The minimum absolute atomic E-state index is 0.147. The summed E-state index contributed by atoms with van der Waals surface area (Å²) in [6.07, 6.45) is 0. The molecule has 0 bridgehead atoms. The summed E-state index contributed by atoms with van der Waals surface area (Å²) in [4.78, 5) is 4.76. The third kappa shape index (κ3) is 5.05. The van der Waals surface area contributed by atoms with E-state index in [1.54, 1.807) is 0 Å². The van der Waals surface area contributed by atoms with Crippen LogP contribution in [0.3, 0.4) is 0 Å². The molecule has 11 rings (SSSR count). The fourth-order valence-corrected chi connectivity index (χ4v) is 10.1. The van der Waals surface area contributed by atoms with E-state index in [0.717, 1.165) is 34.1 Å². The van der Waals surface area contributed by atoms with Gasteiger partial charge in [-0.05, 0) is 128 Å². The van der Waals surface area contributed by atoms with Crippen LogP contribution in [-0.4, -0.2) is 0 Å². The molecule has 1 spiro atoms. The molecule has 0 amide bonds. The quantitative estimate of drug-likeness (QED) is 0.167. The smallest absolute Gasteiger partial charge is 0.0720 e. The van der Waals surface area contributed by atoms with Gasteiger partial charge in [-0.3, -0.25) is 0 Å². The van der Waals surface area contributed by atoms with Crippen LogP contribution in [0.2, 0.25) is 0 Å². The largest absolute Gasteiger partial charge is 0.310 e. The molecular formula is C56H42N2. The molecule has 0 atom stereocenters. The average Bonchev–Trinajstić information content (AvgIpc) is 3.57. The van der Waals surface area contributed by atoms with Crippen LogP contribution >= 0.6 is 0 Å². The number of fused-ring (bicyclic) bond motifs is 10. The second-order valence-corrected chi connectivity index (χ2v) is 16.1. The number of hydrogen-bond donors (Lipinski definition) is 0. The normalized spacial score (nSPS) is 14.0. The summed E-state index contributed by atoms with van der Waals surface area (Å²) in [5.74, 6) is 0. The number of nitrogens with zero attached hydrogens (tertiary/aromatic N) is 2. The van der Waals surface area contributed by atoms with E-state index in [-0.39, 0.29) is 5.41 Å². The SMILES string of the molecule is CC1(C)c2ccccc2C2(c3ccccc3-c3ccc(N(c4ccccc4)c4ccc(N(c5ccccc5)c5ccc6ccccc6c5)cc4)cc32)c2ccccc21. The molecule has 0 unspecified atom stereocenters. The first-order valence-corrected chi connectivity index (χ1v) is 20.3. The lowest BCUT2D eigenvalue weighted by Gasteiger charge is -2.46. The molecule has 2 aliphatic carbocycles. The minimum atomic E-state index is -0.465. The molecule has 0 heterocycles. The van der Waals surface area contributed by atoms with Gasteiger partial charge in [0.1, 0.15) is 0 Å². The molecule has 0 aromatic heterocycles. The summed E-state index contributed by atoms with van der Waals surface area (Å²) >= 11 is 0. The summed E-state index contributed by atoms with van der Waals surface area (Å²) in [7, 11) is 0. The molecule has 0 fully saturated rings. The standard InChI is InChI=1S/C56H42N2/c1-55(2)50-25-13-15-27-52(50)56(53-28-16-14-26-51(53)55)49-24-12-11-23-47(49)48-36-35-46(38-54(48)56)58(42-21-7-4-8-22-42)44-33-31-43(32-34-44)57(41-19-5-3-6-20-41)45-30-29-39-17-9-10-18-40(39)37-45/h3-38H,1-2H3. The van der Waals surface area contributed by atoms with Gasteiger partial charge in [0.15, 0.2) is 0 Å². The first-order valence-electron chi connectivity index (χ1n) is 20.3. The Hall–Kier alpha value is -7.16. The lowest BCUT2D eigenvalue weighted by Crippen LogP contribution is -2.40. The van der Waals surface area contributed by atoms with Crippen LogP contribution in [0.15, 0.2) is 218 Å². The third-order valence-corrected chi connectivity index (χ3v) is 12.7. The highest BCUT2D eigenvalue weighted by Crippen LogP contribution is 2.62. The number of hydrogen-bond acceptors (Lipinski definition) is 2. The van der Waals surface area contributed by atoms with Gasteiger partial charge in [-0.2, -0.15) is 0 Å². The van der Waals surface area contributed by atoms with Crippen LogP contribution in [0, 0.1) is 0 Å². The van der Waals surface area contributed by atoms with E-state index in [1.807, 2.05) is 0 Å². The maximum absolute atomic E-state index is 2.48. The van der Waals surface area contributed by atoms with Gasteiger partial charge < -0.3 is 9.80 Å². The molecule has 0 N–H and O–H groups in total. The van der Waals surface area contributed by atoms with Crippen LogP contribution in [0.1, 0.15) is 47.2 Å². The van der Waals surface area contributed by atoms with Crippen molar-refractivity contribution in [2.24, 2.45) is 0 Å². The van der Waals surface area contributed by atoms with Crippen LogP contribution in [0.5, 0.6) is 0 Å². The van der Waals surface area contributed by atoms with Crippen LogP contribution in [-0.2, 0) is 10.8 Å². The van der Waals surface area contributed by atoms with E-state index in [4.69, 9.17) is 0 Å². The van der Waals surface area contributed by atoms with Crippen molar-refractivity contribution in [3.63, 3.8) is 0 Å². The summed E-state index contributed by atoms with van der Waals surface area (Å²) in [5, 5.41) is 2.45. The highest BCUT2D eigenvalue weighted by molar-refractivity contribution is 5.92. The Morgan fingerprint density at radius 2 is 0.672 bits per heavy atom. The second kappa shape index (κ2) is 13.2. The Bertz CT molecular complexity index is 2930. The molecule has 0 radical (unpaired) electrons. The number of para-hydroxylation sites is 2. The molecule has 9 aromatic carbocycles. The maximum Gasteiger partial charge on any atom is 0.0720 e. The van der Waals surface area contributed by atoms with Crippen molar-refractivity contribution in [3.05, 3.63) is 252 Å². The third-order valence-electron chi connectivity index (χ3n) is 12.7. The zero-order chi connectivity index (χ0) is 38.8. The van der Waals surface area contributed by atoms with Gasteiger partial charge in [-0.25, -0.2) is 0 Å². The van der Waals surface area contributed by atoms with Gasteiger partial charge in [0, 0.05) is 39.5 Å². The van der Waals surface area contributed by atoms with Crippen LogP contribution in [0.25, 0.3) is 21.9 Å². The summed E-state index contributed by atoms with van der Waals surface area (Å²) in [6.45, 7) is 4.77. The van der Waals surface area contributed by atoms with Gasteiger partial charge >= 0.3 is 0 Å². The van der Waals surface area contributed by atoms with Gasteiger partial charge in [0.25, 0.3) is 0 Å². The fourth-order valence-electron chi connectivity index (χ4n) is 10.1. The monoisotopic (exact) mass is 742 g/mol. The van der Waals surface area contributed by atoms with E-state index in [1.165, 1.54) is 55.3 Å². The number of benzene rings is 9. The molecule has 2 aliphatic rings. The molecule has 2 nitrogen and oxygen atoms in total. The summed E-state index contributed by atoms with van der Waals surface area (Å²) < 4.78 is 0. The predicted octanol–water partition coefficient (Wildman–Crippen LogP) is 14.8. The van der Waals surface area contributed by atoms with Crippen molar-refractivity contribution < 1.29 is 0 Å². The van der Waals surface area contributed by atoms with E-state index >= 15 is 0 Å². The maximum atomic E-state index is 2.48. The highest BCUT2D eigenvalue weighted by Gasteiger charge is 2.53. The average molecular weight is 743 g/mol. The van der Waals surface area contributed by atoms with E-state index in [2.05, 4.69) is 242 Å². The topological polar surface area (TPSA) is 6.48 Å². The Morgan fingerprint density at radius 3 is 1.26 bits per heavy atom. The van der Waals surface area contributed by atoms with Gasteiger partial charge in [-0.1, -0.05) is 159 Å². The lowest BCUT2D eigenvalue weighted by molar-refractivity contribution is 0.563. The van der Waals surface area contributed by atoms with Gasteiger partial charge in [0.2, 0.25) is 0 Å². The number of rotatable bonds is 6. The zero-order valence-corrected chi connectivity index (χ0v) is 32.7. The molecule has 9 aromatic rings. The van der Waals surface area contributed by atoms with E-state index in [9.17, 15) is 0 Å². The van der Waals surface area contributed by atoms with Crippen molar-refractivity contribution in [2.45, 2.75) is 24.7 Å². The molecular weight excluding hydrogens is 701 g/mol. The number of anilines is 6.